The van der Waals surface area contributed by atoms with E-state index in [0.717, 1.165) is 11.3 Å². The van der Waals surface area contributed by atoms with Crippen LogP contribution in [-0.2, 0) is 11.3 Å². The predicted octanol–water partition coefficient (Wildman–Crippen LogP) is 4.41. The molecule has 0 aliphatic heterocycles. The fourth-order valence-electron chi connectivity index (χ4n) is 1.85. The second-order valence-corrected chi connectivity index (χ2v) is 4.84. The Kier molecular flexibility index (Phi) is 5.06. The van der Waals surface area contributed by atoms with Crippen LogP contribution in [0.2, 0.25) is 5.02 Å². The van der Waals surface area contributed by atoms with Gasteiger partial charge in [0.1, 0.15) is 12.4 Å². The van der Waals surface area contributed by atoms with E-state index >= 15 is 0 Å². The lowest BCUT2D eigenvalue weighted by molar-refractivity contribution is 0.187. The molecule has 4 nitrogen and oxygen atoms in total. The molecule has 0 fully saturated rings. The number of para-hydroxylation sites is 1. The topological polar surface area (TPSA) is 47.6 Å². The van der Waals surface area contributed by atoms with E-state index in [2.05, 4.69) is 10.1 Å². The number of ether oxygens (including phenoxy) is 2. The van der Waals surface area contributed by atoms with Crippen LogP contribution < -0.4 is 10.1 Å². The monoisotopic (exact) mass is 305 g/mol. The first kappa shape index (κ1) is 15.2. The molecule has 0 aliphatic rings. The number of rotatable bonds is 4. The predicted molar refractivity (Wildman–Crippen MR) is 83.0 cm³/mol. The molecular formula is C16H16ClNO3. The zero-order valence-electron chi connectivity index (χ0n) is 11.9. The van der Waals surface area contributed by atoms with E-state index in [0.29, 0.717) is 16.3 Å². The van der Waals surface area contributed by atoms with Crippen LogP contribution in [0, 0.1) is 6.92 Å². The van der Waals surface area contributed by atoms with Gasteiger partial charge >= 0.3 is 6.09 Å². The van der Waals surface area contributed by atoms with Crippen molar-refractivity contribution in [2.75, 3.05) is 12.4 Å². The molecule has 0 bridgehead atoms. The standard InChI is InChI=1S/C16H16ClNO3/c1-11-6-3-4-9-15(11)21-10-12-13(17)7-5-8-14(12)18-16(19)20-2/h3-9H,10H2,1-2H3,(H,18,19). The van der Waals surface area contributed by atoms with Gasteiger partial charge in [-0.1, -0.05) is 35.9 Å². The molecule has 0 saturated carbocycles. The smallest absolute Gasteiger partial charge is 0.411 e. The molecule has 0 aliphatic carbocycles. The third-order valence-electron chi connectivity index (χ3n) is 3.01. The molecule has 0 spiro atoms. The number of nitrogens with one attached hydrogen (secondary N) is 1. The minimum Gasteiger partial charge on any atom is -0.489 e. The van der Waals surface area contributed by atoms with Crippen LogP contribution in [0.25, 0.3) is 0 Å². The summed E-state index contributed by atoms with van der Waals surface area (Å²) < 4.78 is 10.4. The zero-order valence-corrected chi connectivity index (χ0v) is 12.6. The van der Waals surface area contributed by atoms with Gasteiger partial charge in [-0.2, -0.15) is 0 Å². The largest absolute Gasteiger partial charge is 0.489 e. The van der Waals surface area contributed by atoms with Crippen molar-refractivity contribution < 1.29 is 14.3 Å². The quantitative estimate of drug-likeness (QED) is 0.910. The molecule has 2 aromatic carbocycles. The summed E-state index contributed by atoms with van der Waals surface area (Å²) in [6.07, 6.45) is -0.547. The van der Waals surface area contributed by atoms with Crippen LogP contribution in [-0.4, -0.2) is 13.2 Å². The normalized spacial score (nSPS) is 10.0. The summed E-state index contributed by atoms with van der Waals surface area (Å²) >= 11 is 6.19. The van der Waals surface area contributed by atoms with Gasteiger partial charge in [0.2, 0.25) is 0 Å². The van der Waals surface area contributed by atoms with E-state index in [9.17, 15) is 4.79 Å². The first-order valence-corrected chi connectivity index (χ1v) is 6.80. The number of hydrogen-bond acceptors (Lipinski definition) is 3. The molecular weight excluding hydrogens is 290 g/mol. The van der Waals surface area contributed by atoms with Crippen LogP contribution in [0.1, 0.15) is 11.1 Å². The SMILES string of the molecule is COC(=O)Nc1cccc(Cl)c1COc1ccccc1C. The van der Waals surface area contributed by atoms with Crippen molar-refractivity contribution >= 4 is 23.4 Å². The summed E-state index contributed by atoms with van der Waals surface area (Å²) in [6, 6.07) is 13.0. The number of hydrogen-bond donors (Lipinski definition) is 1. The van der Waals surface area contributed by atoms with Gasteiger partial charge in [-0.15, -0.1) is 0 Å². The van der Waals surface area contributed by atoms with E-state index < -0.39 is 6.09 Å². The molecule has 0 unspecified atom stereocenters. The molecule has 1 amide bonds. The molecule has 2 rings (SSSR count). The molecule has 21 heavy (non-hydrogen) atoms. The van der Waals surface area contributed by atoms with Crippen molar-refractivity contribution in [2.45, 2.75) is 13.5 Å². The lowest BCUT2D eigenvalue weighted by atomic mass is 10.2. The molecule has 110 valence electrons. The third-order valence-corrected chi connectivity index (χ3v) is 3.36. The molecule has 0 heterocycles. The highest BCUT2D eigenvalue weighted by atomic mass is 35.5. The van der Waals surface area contributed by atoms with Gasteiger partial charge in [0, 0.05) is 10.6 Å². The maximum absolute atomic E-state index is 11.4. The Labute approximate surface area is 128 Å². The van der Waals surface area contributed by atoms with E-state index in [1.165, 1.54) is 7.11 Å². The number of amides is 1. The van der Waals surface area contributed by atoms with Crippen molar-refractivity contribution in [3.8, 4) is 5.75 Å². The number of methoxy groups -OCH3 is 1. The lowest BCUT2D eigenvalue weighted by Gasteiger charge is -2.14. The summed E-state index contributed by atoms with van der Waals surface area (Å²) in [5.41, 5.74) is 2.31. The van der Waals surface area contributed by atoms with Gasteiger partial charge in [0.15, 0.2) is 0 Å². The van der Waals surface area contributed by atoms with Gasteiger partial charge < -0.3 is 9.47 Å². The minimum atomic E-state index is -0.547. The first-order chi connectivity index (χ1) is 10.1. The summed E-state index contributed by atoms with van der Waals surface area (Å²) in [5, 5.41) is 3.15. The van der Waals surface area contributed by atoms with Gasteiger partial charge in [-0.05, 0) is 30.7 Å². The highest BCUT2D eigenvalue weighted by Gasteiger charge is 2.11. The van der Waals surface area contributed by atoms with E-state index in [1.807, 2.05) is 31.2 Å². The van der Waals surface area contributed by atoms with Gasteiger partial charge in [-0.3, -0.25) is 5.32 Å². The van der Waals surface area contributed by atoms with E-state index in [1.54, 1.807) is 18.2 Å². The second-order valence-electron chi connectivity index (χ2n) is 4.44. The highest BCUT2D eigenvalue weighted by Crippen LogP contribution is 2.27. The molecule has 0 radical (unpaired) electrons. The average Bonchev–Trinajstić information content (AvgIpc) is 2.48. The number of carbonyl (C=O) groups is 1. The summed E-state index contributed by atoms with van der Waals surface area (Å²) in [7, 11) is 1.31. The van der Waals surface area contributed by atoms with Gasteiger partial charge in [-0.25, -0.2) is 4.79 Å². The minimum absolute atomic E-state index is 0.254. The van der Waals surface area contributed by atoms with Gasteiger partial charge in [0.05, 0.1) is 12.8 Å². The number of halogens is 1. The molecule has 1 N–H and O–H groups in total. The number of aryl methyl sites for hydroxylation is 1. The molecule has 5 heteroatoms. The molecule has 0 saturated heterocycles. The van der Waals surface area contributed by atoms with Crippen LogP contribution in [0.3, 0.4) is 0 Å². The van der Waals surface area contributed by atoms with Crippen molar-refractivity contribution in [3.63, 3.8) is 0 Å². The lowest BCUT2D eigenvalue weighted by Crippen LogP contribution is -2.13. The van der Waals surface area contributed by atoms with Crippen molar-refractivity contribution in [1.82, 2.24) is 0 Å². The summed E-state index contributed by atoms with van der Waals surface area (Å²) in [6.45, 7) is 2.22. The maximum Gasteiger partial charge on any atom is 0.411 e. The van der Waals surface area contributed by atoms with Crippen molar-refractivity contribution in [1.29, 1.82) is 0 Å². The Bertz CT molecular complexity index is 643. The Morgan fingerprint density at radius 1 is 1.19 bits per heavy atom. The summed E-state index contributed by atoms with van der Waals surface area (Å²) in [5.74, 6) is 0.779. The van der Waals surface area contributed by atoms with Gasteiger partial charge in [0.25, 0.3) is 0 Å². The molecule has 2 aromatic rings. The van der Waals surface area contributed by atoms with Crippen LogP contribution in [0.4, 0.5) is 10.5 Å². The Hall–Kier alpha value is -2.20. The van der Waals surface area contributed by atoms with Crippen molar-refractivity contribution in [2.24, 2.45) is 0 Å². The zero-order chi connectivity index (χ0) is 15.2. The van der Waals surface area contributed by atoms with Crippen molar-refractivity contribution in [3.05, 3.63) is 58.6 Å². The first-order valence-electron chi connectivity index (χ1n) is 6.42. The fraction of sp³-hybridized carbons (Fsp3) is 0.188. The highest BCUT2D eigenvalue weighted by molar-refractivity contribution is 6.31. The fourth-order valence-corrected chi connectivity index (χ4v) is 2.08. The maximum atomic E-state index is 11.4. The van der Waals surface area contributed by atoms with Crippen LogP contribution in [0.5, 0.6) is 5.75 Å². The number of carbonyl (C=O) groups excluding carboxylic acids is 1. The number of benzene rings is 2. The Morgan fingerprint density at radius 3 is 2.67 bits per heavy atom. The van der Waals surface area contributed by atoms with E-state index in [4.69, 9.17) is 16.3 Å². The molecule has 0 atom stereocenters. The number of anilines is 1. The summed E-state index contributed by atoms with van der Waals surface area (Å²) in [4.78, 5) is 11.4. The van der Waals surface area contributed by atoms with Crippen LogP contribution >= 0.6 is 11.6 Å². The Morgan fingerprint density at radius 2 is 1.95 bits per heavy atom. The van der Waals surface area contributed by atoms with Crippen LogP contribution in [0.15, 0.2) is 42.5 Å². The molecule has 0 aromatic heterocycles. The third kappa shape index (κ3) is 3.89. The van der Waals surface area contributed by atoms with E-state index in [-0.39, 0.29) is 6.61 Å². The second kappa shape index (κ2) is 6.99. The Balaban J connectivity index is 2.19. The average molecular weight is 306 g/mol.